The molecular formula is C23H26N4O2S. The van der Waals surface area contributed by atoms with Crippen LogP contribution in [0.4, 0.5) is 16.5 Å². The van der Waals surface area contributed by atoms with Crippen LogP contribution in [0, 0.1) is 0 Å². The molecule has 7 heteroatoms. The molecule has 0 saturated carbocycles. The van der Waals surface area contributed by atoms with Crippen molar-refractivity contribution < 1.29 is 9.47 Å². The number of rotatable bonds is 6. The molecular weight excluding hydrogens is 396 g/mol. The minimum Gasteiger partial charge on any atom is -0.454 e. The van der Waals surface area contributed by atoms with Crippen molar-refractivity contribution in [2.45, 2.75) is 13.3 Å². The van der Waals surface area contributed by atoms with E-state index in [1.165, 1.54) is 18.7 Å². The van der Waals surface area contributed by atoms with Crippen molar-refractivity contribution in [3.63, 3.8) is 0 Å². The first-order chi connectivity index (χ1) is 14.8. The second-order valence-electron chi connectivity index (χ2n) is 7.61. The van der Waals surface area contributed by atoms with E-state index < -0.39 is 0 Å². The van der Waals surface area contributed by atoms with Gasteiger partial charge in [-0.25, -0.2) is 4.98 Å². The number of benzene rings is 2. The fraction of sp³-hybridized carbons (Fsp3) is 0.348. The molecule has 3 heterocycles. The second-order valence-corrected chi connectivity index (χ2v) is 8.46. The first-order valence-electron chi connectivity index (χ1n) is 10.5. The van der Waals surface area contributed by atoms with Crippen LogP contribution in [0.5, 0.6) is 11.5 Å². The third kappa shape index (κ3) is 4.08. The number of hydrogen-bond acceptors (Lipinski definition) is 7. The smallest absolute Gasteiger partial charge is 0.231 e. The molecule has 0 aliphatic carbocycles. The lowest BCUT2D eigenvalue weighted by molar-refractivity contribution is 0.174. The Morgan fingerprint density at radius 2 is 1.80 bits per heavy atom. The van der Waals surface area contributed by atoms with Gasteiger partial charge in [0, 0.05) is 54.6 Å². The maximum Gasteiger partial charge on any atom is 0.231 e. The highest BCUT2D eigenvalue weighted by atomic mass is 32.1. The Bertz CT molecular complexity index is 997. The van der Waals surface area contributed by atoms with Crippen molar-refractivity contribution in [1.82, 2.24) is 9.88 Å². The first-order valence-corrected chi connectivity index (χ1v) is 11.4. The van der Waals surface area contributed by atoms with Gasteiger partial charge in [0.2, 0.25) is 6.79 Å². The van der Waals surface area contributed by atoms with Gasteiger partial charge in [-0.3, -0.25) is 4.90 Å². The lowest BCUT2D eigenvalue weighted by Crippen LogP contribution is -2.46. The lowest BCUT2D eigenvalue weighted by atomic mass is 10.1. The molecule has 0 radical (unpaired) electrons. The van der Waals surface area contributed by atoms with Crippen LogP contribution >= 0.6 is 11.3 Å². The standard InChI is InChI=1S/C23H26N4O2S/c1-2-9-26-10-12-27(13-11-26)19-6-3-17(4-7-19)20-15-30-23(25-20)24-18-5-8-21-22(14-18)29-16-28-21/h3-8,14-15H,2,9-13,16H2,1H3,(H,24,25). The molecule has 2 aliphatic heterocycles. The van der Waals surface area contributed by atoms with Crippen LogP contribution in [-0.4, -0.2) is 49.4 Å². The molecule has 0 amide bonds. The molecule has 2 aromatic carbocycles. The molecule has 0 bridgehead atoms. The molecule has 0 spiro atoms. The van der Waals surface area contributed by atoms with Crippen LogP contribution in [0.2, 0.25) is 0 Å². The Labute approximate surface area is 181 Å². The van der Waals surface area contributed by atoms with Gasteiger partial charge in [-0.15, -0.1) is 11.3 Å². The van der Waals surface area contributed by atoms with Crippen LogP contribution in [0.1, 0.15) is 13.3 Å². The molecule has 0 unspecified atom stereocenters. The number of anilines is 3. The summed E-state index contributed by atoms with van der Waals surface area (Å²) >= 11 is 1.60. The highest BCUT2D eigenvalue weighted by Crippen LogP contribution is 2.36. The van der Waals surface area contributed by atoms with Crippen molar-refractivity contribution in [2.24, 2.45) is 0 Å². The minimum atomic E-state index is 0.282. The number of aromatic nitrogens is 1. The molecule has 156 valence electrons. The molecule has 0 atom stereocenters. The fourth-order valence-electron chi connectivity index (χ4n) is 3.95. The van der Waals surface area contributed by atoms with Gasteiger partial charge in [0.15, 0.2) is 16.6 Å². The van der Waals surface area contributed by atoms with Gasteiger partial charge in [-0.1, -0.05) is 19.1 Å². The summed E-state index contributed by atoms with van der Waals surface area (Å²) in [7, 11) is 0. The van der Waals surface area contributed by atoms with Gasteiger partial charge < -0.3 is 19.7 Å². The van der Waals surface area contributed by atoms with Gasteiger partial charge in [-0.05, 0) is 37.2 Å². The molecule has 2 aliphatic rings. The van der Waals surface area contributed by atoms with Crippen molar-refractivity contribution in [2.75, 3.05) is 49.7 Å². The molecule has 1 aromatic heterocycles. The van der Waals surface area contributed by atoms with Crippen molar-refractivity contribution in [1.29, 1.82) is 0 Å². The predicted molar refractivity (Wildman–Crippen MR) is 122 cm³/mol. The van der Waals surface area contributed by atoms with Gasteiger partial charge in [0.05, 0.1) is 5.69 Å². The maximum atomic E-state index is 5.44. The van der Waals surface area contributed by atoms with Crippen LogP contribution < -0.4 is 19.7 Å². The number of ether oxygens (including phenoxy) is 2. The SMILES string of the molecule is CCCN1CCN(c2ccc(-c3csc(Nc4ccc5c(c4)OCO5)n3)cc2)CC1. The third-order valence-corrected chi connectivity index (χ3v) is 6.33. The maximum absolute atomic E-state index is 5.44. The number of nitrogens with one attached hydrogen (secondary N) is 1. The van der Waals surface area contributed by atoms with Crippen molar-refractivity contribution in [3.05, 3.63) is 47.8 Å². The Balaban J connectivity index is 1.23. The van der Waals surface area contributed by atoms with E-state index in [-0.39, 0.29) is 6.79 Å². The number of piperazine rings is 1. The average molecular weight is 423 g/mol. The van der Waals surface area contributed by atoms with Crippen LogP contribution in [0.25, 0.3) is 11.3 Å². The summed E-state index contributed by atoms with van der Waals surface area (Å²) in [6.07, 6.45) is 1.23. The van der Waals surface area contributed by atoms with E-state index in [0.29, 0.717) is 0 Å². The number of thiazole rings is 1. The average Bonchev–Trinajstić information content (AvgIpc) is 3.44. The van der Waals surface area contributed by atoms with Gasteiger partial charge in [0.1, 0.15) is 0 Å². The Kier molecular flexibility index (Phi) is 5.46. The number of hydrogen-bond donors (Lipinski definition) is 1. The van der Waals surface area contributed by atoms with Crippen molar-refractivity contribution in [3.8, 4) is 22.8 Å². The number of fused-ring (bicyclic) bond motifs is 1. The minimum absolute atomic E-state index is 0.282. The highest BCUT2D eigenvalue weighted by Gasteiger charge is 2.17. The summed E-state index contributed by atoms with van der Waals surface area (Å²) in [5.41, 5.74) is 4.36. The zero-order chi connectivity index (χ0) is 20.3. The summed E-state index contributed by atoms with van der Waals surface area (Å²) in [6.45, 7) is 8.23. The Morgan fingerprint density at radius 3 is 2.60 bits per heavy atom. The summed E-state index contributed by atoms with van der Waals surface area (Å²) in [4.78, 5) is 9.78. The van der Waals surface area contributed by atoms with E-state index >= 15 is 0 Å². The normalized spacial score (nSPS) is 16.1. The second kappa shape index (κ2) is 8.53. The molecule has 1 saturated heterocycles. The number of nitrogens with zero attached hydrogens (tertiary/aromatic N) is 3. The first kappa shape index (κ1) is 19.2. The summed E-state index contributed by atoms with van der Waals surface area (Å²) in [6, 6.07) is 14.6. The van der Waals surface area contributed by atoms with Gasteiger partial charge in [-0.2, -0.15) is 0 Å². The molecule has 6 nitrogen and oxygen atoms in total. The zero-order valence-electron chi connectivity index (χ0n) is 17.1. The Morgan fingerprint density at radius 1 is 1.00 bits per heavy atom. The van der Waals surface area contributed by atoms with Crippen LogP contribution in [0.15, 0.2) is 47.8 Å². The summed E-state index contributed by atoms with van der Waals surface area (Å²) in [5.74, 6) is 1.55. The van der Waals surface area contributed by atoms with Gasteiger partial charge >= 0.3 is 0 Å². The molecule has 5 rings (SSSR count). The highest BCUT2D eigenvalue weighted by molar-refractivity contribution is 7.14. The quantitative estimate of drug-likeness (QED) is 0.615. The van der Waals surface area contributed by atoms with E-state index in [1.54, 1.807) is 11.3 Å². The van der Waals surface area contributed by atoms with Gasteiger partial charge in [0.25, 0.3) is 0 Å². The lowest BCUT2D eigenvalue weighted by Gasteiger charge is -2.36. The van der Waals surface area contributed by atoms with E-state index in [9.17, 15) is 0 Å². The van der Waals surface area contributed by atoms with E-state index in [2.05, 4.69) is 51.7 Å². The van der Waals surface area contributed by atoms with Crippen LogP contribution in [0.3, 0.4) is 0 Å². The Hall–Kier alpha value is -2.77. The van der Waals surface area contributed by atoms with E-state index in [0.717, 1.165) is 59.8 Å². The van der Waals surface area contributed by atoms with Crippen molar-refractivity contribution >= 4 is 27.8 Å². The fourth-order valence-corrected chi connectivity index (χ4v) is 4.69. The third-order valence-electron chi connectivity index (χ3n) is 5.57. The zero-order valence-corrected chi connectivity index (χ0v) is 18.0. The monoisotopic (exact) mass is 422 g/mol. The molecule has 3 aromatic rings. The summed E-state index contributed by atoms with van der Waals surface area (Å²) < 4.78 is 10.8. The molecule has 1 fully saturated rings. The molecule has 1 N–H and O–H groups in total. The topological polar surface area (TPSA) is 49.9 Å². The van der Waals surface area contributed by atoms with Crippen LogP contribution in [-0.2, 0) is 0 Å². The van der Waals surface area contributed by atoms with E-state index in [1.807, 2.05) is 18.2 Å². The largest absolute Gasteiger partial charge is 0.454 e. The summed E-state index contributed by atoms with van der Waals surface area (Å²) in [5, 5.41) is 6.31. The molecule has 30 heavy (non-hydrogen) atoms. The van der Waals surface area contributed by atoms with E-state index in [4.69, 9.17) is 14.5 Å². The predicted octanol–water partition coefficient (Wildman–Crippen LogP) is 4.81.